The van der Waals surface area contributed by atoms with Crippen molar-refractivity contribution >= 4 is 11.7 Å². The molecular formula is C19H21NO3. The van der Waals surface area contributed by atoms with Gasteiger partial charge < -0.3 is 10.1 Å². The first-order valence-corrected chi connectivity index (χ1v) is 7.55. The molecule has 0 heterocycles. The normalized spacial score (nSPS) is 11.6. The van der Waals surface area contributed by atoms with E-state index in [0.717, 1.165) is 16.9 Å². The summed E-state index contributed by atoms with van der Waals surface area (Å²) in [7, 11) is 1.59. The number of ether oxygens (including phenoxy) is 1. The summed E-state index contributed by atoms with van der Waals surface area (Å²) in [5.74, 6) is 0.0806. The van der Waals surface area contributed by atoms with E-state index < -0.39 is 5.92 Å². The molecule has 0 radical (unpaired) electrons. The lowest BCUT2D eigenvalue weighted by atomic mass is 9.93. The summed E-state index contributed by atoms with van der Waals surface area (Å²) in [5, 5.41) is 2.91. The van der Waals surface area contributed by atoms with Crippen LogP contribution >= 0.6 is 0 Å². The number of rotatable bonds is 7. The number of hydrogen-bond acceptors (Lipinski definition) is 3. The van der Waals surface area contributed by atoms with E-state index in [1.807, 2.05) is 42.5 Å². The predicted octanol–water partition coefficient (Wildman–Crippen LogP) is 3.07. The second-order valence-electron chi connectivity index (χ2n) is 5.44. The lowest BCUT2D eigenvalue weighted by Gasteiger charge is -2.16. The Balaban J connectivity index is 2.09. The third kappa shape index (κ3) is 4.95. The van der Waals surface area contributed by atoms with Gasteiger partial charge in [0.25, 0.3) is 0 Å². The summed E-state index contributed by atoms with van der Waals surface area (Å²) in [6, 6.07) is 16.9. The monoisotopic (exact) mass is 311 g/mol. The SMILES string of the molecule is COc1ccc([C@@H](CC(C)=O)C(=O)NCc2ccccc2)cc1. The van der Waals surface area contributed by atoms with E-state index in [-0.39, 0.29) is 18.1 Å². The average molecular weight is 311 g/mol. The number of nitrogens with one attached hydrogen (secondary N) is 1. The Hall–Kier alpha value is -2.62. The molecule has 1 atom stereocenters. The highest BCUT2D eigenvalue weighted by molar-refractivity contribution is 5.89. The lowest BCUT2D eigenvalue weighted by Crippen LogP contribution is -2.30. The van der Waals surface area contributed by atoms with Crippen LogP contribution in [0.1, 0.15) is 30.4 Å². The Bertz CT molecular complexity index is 650. The second kappa shape index (κ2) is 8.13. The van der Waals surface area contributed by atoms with E-state index in [0.29, 0.717) is 6.54 Å². The van der Waals surface area contributed by atoms with Crippen molar-refractivity contribution in [1.29, 1.82) is 0 Å². The first-order chi connectivity index (χ1) is 11.1. The van der Waals surface area contributed by atoms with Crippen molar-refractivity contribution in [2.24, 2.45) is 0 Å². The minimum absolute atomic E-state index is 0.0133. The van der Waals surface area contributed by atoms with Crippen molar-refractivity contribution in [2.75, 3.05) is 7.11 Å². The number of hydrogen-bond donors (Lipinski definition) is 1. The van der Waals surface area contributed by atoms with E-state index >= 15 is 0 Å². The van der Waals surface area contributed by atoms with Crippen LogP contribution in [0.25, 0.3) is 0 Å². The van der Waals surface area contributed by atoms with Crippen LogP contribution in [-0.2, 0) is 16.1 Å². The number of Topliss-reactive ketones (excluding diaryl/α,β-unsaturated/α-hetero) is 1. The average Bonchev–Trinajstić information content (AvgIpc) is 2.58. The molecule has 0 aliphatic heterocycles. The Kier molecular flexibility index (Phi) is 5.92. The first-order valence-electron chi connectivity index (χ1n) is 7.55. The van der Waals surface area contributed by atoms with E-state index in [1.165, 1.54) is 6.92 Å². The smallest absolute Gasteiger partial charge is 0.228 e. The molecule has 2 rings (SSSR count). The highest BCUT2D eigenvalue weighted by Gasteiger charge is 2.22. The maximum atomic E-state index is 12.5. The summed E-state index contributed by atoms with van der Waals surface area (Å²) in [5.41, 5.74) is 1.84. The van der Waals surface area contributed by atoms with Crippen molar-refractivity contribution in [2.45, 2.75) is 25.8 Å². The third-order valence-electron chi connectivity index (χ3n) is 3.64. The highest BCUT2D eigenvalue weighted by Crippen LogP contribution is 2.23. The van der Waals surface area contributed by atoms with Gasteiger partial charge in [0.1, 0.15) is 11.5 Å². The van der Waals surface area contributed by atoms with Crippen molar-refractivity contribution in [3.05, 3.63) is 65.7 Å². The zero-order valence-corrected chi connectivity index (χ0v) is 13.4. The van der Waals surface area contributed by atoms with E-state index in [2.05, 4.69) is 5.32 Å². The quantitative estimate of drug-likeness (QED) is 0.855. The minimum atomic E-state index is -0.484. The van der Waals surface area contributed by atoms with Gasteiger partial charge in [-0.05, 0) is 30.2 Å². The zero-order chi connectivity index (χ0) is 16.7. The van der Waals surface area contributed by atoms with Gasteiger partial charge in [-0.1, -0.05) is 42.5 Å². The number of benzene rings is 2. The molecule has 1 N–H and O–H groups in total. The van der Waals surface area contributed by atoms with Gasteiger partial charge in [-0.2, -0.15) is 0 Å². The van der Waals surface area contributed by atoms with Gasteiger partial charge in [0.15, 0.2) is 0 Å². The number of amides is 1. The van der Waals surface area contributed by atoms with Gasteiger partial charge >= 0.3 is 0 Å². The largest absolute Gasteiger partial charge is 0.497 e. The van der Waals surface area contributed by atoms with Crippen molar-refractivity contribution < 1.29 is 14.3 Å². The molecular weight excluding hydrogens is 290 g/mol. The zero-order valence-electron chi connectivity index (χ0n) is 13.4. The summed E-state index contributed by atoms with van der Waals surface area (Å²) in [6.45, 7) is 1.95. The maximum Gasteiger partial charge on any atom is 0.228 e. The highest BCUT2D eigenvalue weighted by atomic mass is 16.5. The van der Waals surface area contributed by atoms with E-state index in [9.17, 15) is 9.59 Å². The second-order valence-corrected chi connectivity index (χ2v) is 5.44. The molecule has 0 aliphatic rings. The molecule has 0 aliphatic carbocycles. The van der Waals surface area contributed by atoms with Crippen LogP contribution in [0.4, 0.5) is 0 Å². The van der Waals surface area contributed by atoms with Gasteiger partial charge in [-0.25, -0.2) is 0 Å². The molecule has 1 amide bonds. The number of methoxy groups -OCH3 is 1. The van der Waals surface area contributed by atoms with Gasteiger partial charge in [-0.15, -0.1) is 0 Å². The minimum Gasteiger partial charge on any atom is -0.497 e. The molecule has 0 bridgehead atoms. The van der Waals surface area contributed by atoms with E-state index in [4.69, 9.17) is 4.74 Å². The van der Waals surface area contributed by atoms with Crippen LogP contribution in [0.3, 0.4) is 0 Å². The fourth-order valence-corrected chi connectivity index (χ4v) is 2.39. The summed E-state index contributed by atoms with van der Waals surface area (Å²) in [4.78, 5) is 24.0. The van der Waals surface area contributed by atoms with Crippen LogP contribution in [0.15, 0.2) is 54.6 Å². The van der Waals surface area contributed by atoms with Crippen LogP contribution < -0.4 is 10.1 Å². The van der Waals surface area contributed by atoms with Crippen molar-refractivity contribution in [3.63, 3.8) is 0 Å². The topological polar surface area (TPSA) is 55.4 Å². The van der Waals surface area contributed by atoms with Gasteiger partial charge in [0.05, 0.1) is 13.0 Å². The fourth-order valence-electron chi connectivity index (χ4n) is 2.39. The van der Waals surface area contributed by atoms with Crippen LogP contribution in [0.5, 0.6) is 5.75 Å². The Morgan fingerprint density at radius 1 is 1.04 bits per heavy atom. The standard InChI is InChI=1S/C19H21NO3/c1-14(21)12-18(16-8-10-17(23-2)11-9-16)19(22)20-13-15-6-4-3-5-7-15/h3-11,18H,12-13H2,1-2H3,(H,20,22)/t18-/m1/s1. The Labute approximate surface area is 136 Å². The van der Waals surface area contributed by atoms with Gasteiger partial charge in [0.2, 0.25) is 5.91 Å². The molecule has 23 heavy (non-hydrogen) atoms. The number of ketones is 1. The summed E-state index contributed by atoms with van der Waals surface area (Å²) >= 11 is 0. The molecule has 120 valence electrons. The molecule has 0 saturated carbocycles. The fraction of sp³-hybridized carbons (Fsp3) is 0.263. The first kappa shape index (κ1) is 16.7. The molecule has 0 unspecified atom stereocenters. The Morgan fingerprint density at radius 2 is 1.70 bits per heavy atom. The number of carbonyl (C=O) groups excluding carboxylic acids is 2. The molecule has 4 heteroatoms. The molecule has 4 nitrogen and oxygen atoms in total. The number of carbonyl (C=O) groups is 2. The van der Waals surface area contributed by atoms with Gasteiger partial charge in [0, 0.05) is 13.0 Å². The molecule has 2 aromatic rings. The van der Waals surface area contributed by atoms with Crippen molar-refractivity contribution in [3.8, 4) is 5.75 Å². The van der Waals surface area contributed by atoms with Gasteiger partial charge in [-0.3, -0.25) is 9.59 Å². The van der Waals surface area contributed by atoms with Crippen LogP contribution in [0.2, 0.25) is 0 Å². The van der Waals surface area contributed by atoms with E-state index in [1.54, 1.807) is 19.2 Å². The van der Waals surface area contributed by atoms with Crippen LogP contribution in [-0.4, -0.2) is 18.8 Å². The molecule has 0 fully saturated rings. The lowest BCUT2D eigenvalue weighted by molar-refractivity contribution is -0.126. The molecule has 0 spiro atoms. The molecule has 2 aromatic carbocycles. The van der Waals surface area contributed by atoms with Crippen LogP contribution in [0, 0.1) is 0 Å². The predicted molar refractivity (Wildman–Crippen MR) is 89.3 cm³/mol. The molecule has 0 saturated heterocycles. The summed E-state index contributed by atoms with van der Waals surface area (Å²) < 4.78 is 5.13. The van der Waals surface area contributed by atoms with Crippen molar-refractivity contribution in [1.82, 2.24) is 5.32 Å². The third-order valence-corrected chi connectivity index (χ3v) is 3.64. The molecule has 0 aromatic heterocycles. The summed E-state index contributed by atoms with van der Waals surface area (Å²) in [6.07, 6.45) is 0.187. The Morgan fingerprint density at radius 3 is 2.26 bits per heavy atom. The maximum absolute atomic E-state index is 12.5.